The van der Waals surface area contributed by atoms with Crippen molar-refractivity contribution < 1.29 is 0 Å². The van der Waals surface area contributed by atoms with Crippen molar-refractivity contribution in [3.63, 3.8) is 0 Å². The summed E-state index contributed by atoms with van der Waals surface area (Å²) in [6.07, 6.45) is 0. The molecule has 2 aromatic heterocycles. The summed E-state index contributed by atoms with van der Waals surface area (Å²) in [5.41, 5.74) is 0.566. The predicted octanol–water partition coefficient (Wildman–Crippen LogP) is 1.90. The first-order chi connectivity index (χ1) is 10.7. The molecule has 0 saturated carbocycles. The Morgan fingerprint density at radius 3 is 2.36 bits per heavy atom. The van der Waals surface area contributed by atoms with Gasteiger partial charge in [0.2, 0.25) is 0 Å². The molecule has 0 bridgehead atoms. The van der Waals surface area contributed by atoms with Crippen molar-refractivity contribution in [1.29, 1.82) is 0 Å². The van der Waals surface area contributed by atoms with Crippen molar-refractivity contribution in [3.05, 3.63) is 57.1 Å². The van der Waals surface area contributed by atoms with E-state index in [2.05, 4.69) is 19.9 Å². The number of nitrogens with zero attached hydrogens (tertiary/aromatic N) is 2. The van der Waals surface area contributed by atoms with Gasteiger partial charge in [-0.25, -0.2) is 4.98 Å². The van der Waals surface area contributed by atoms with E-state index in [-0.39, 0.29) is 11.3 Å². The van der Waals surface area contributed by atoms with Crippen LogP contribution in [0, 0.1) is 0 Å². The van der Waals surface area contributed by atoms with Crippen molar-refractivity contribution in [3.8, 4) is 0 Å². The lowest BCUT2D eigenvalue weighted by atomic mass is 10.1. The fourth-order valence-corrected chi connectivity index (χ4v) is 3.08. The minimum atomic E-state index is -0.820. The van der Waals surface area contributed by atoms with Gasteiger partial charge in [-0.2, -0.15) is 4.98 Å². The van der Waals surface area contributed by atoms with Gasteiger partial charge in [0.05, 0.1) is 11.0 Å². The Hall–Kier alpha value is -3.28. The van der Waals surface area contributed by atoms with E-state index < -0.39 is 11.1 Å². The quantitative estimate of drug-likeness (QED) is 0.426. The van der Waals surface area contributed by atoms with Crippen molar-refractivity contribution >= 4 is 43.9 Å². The zero-order valence-electron chi connectivity index (χ0n) is 11.2. The van der Waals surface area contributed by atoms with Crippen LogP contribution in [-0.2, 0) is 0 Å². The molecule has 22 heavy (non-hydrogen) atoms. The van der Waals surface area contributed by atoms with Gasteiger partial charge in [0.1, 0.15) is 0 Å². The zero-order valence-corrected chi connectivity index (χ0v) is 11.2. The van der Waals surface area contributed by atoms with Crippen molar-refractivity contribution in [2.24, 2.45) is 0 Å². The molecular weight excluding hydrogens is 280 g/mol. The number of aromatic nitrogens is 4. The van der Waals surface area contributed by atoms with E-state index in [1.165, 1.54) is 0 Å². The first-order valence-electron chi connectivity index (χ1n) is 6.79. The molecule has 0 aliphatic rings. The van der Waals surface area contributed by atoms with Gasteiger partial charge >= 0.3 is 11.1 Å². The Labute approximate surface area is 121 Å². The lowest BCUT2D eigenvalue weighted by Gasteiger charge is -1.97. The van der Waals surface area contributed by atoms with E-state index >= 15 is 0 Å². The summed E-state index contributed by atoms with van der Waals surface area (Å²) >= 11 is 0. The molecule has 0 fully saturated rings. The molecular formula is C16H8N4O2. The van der Waals surface area contributed by atoms with Crippen LogP contribution in [0.1, 0.15) is 0 Å². The number of hydrogen-bond acceptors (Lipinski definition) is 4. The highest BCUT2D eigenvalue weighted by Gasteiger charge is 2.14. The molecule has 6 nitrogen and oxygen atoms in total. The van der Waals surface area contributed by atoms with Crippen molar-refractivity contribution in [1.82, 2.24) is 19.9 Å². The van der Waals surface area contributed by atoms with Gasteiger partial charge in [-0.05, 0) is 5.39 Å². The number of aromatic amines is 2. The number of hydrogen-bond donors (Lipinski definition) is 2. The first kappa shape index (κ1) is 11.4. The molecule has 0 amide bonds. The second-order valence-electron chi connectivity index (χ2n) is 5.24. The molecule has 0 unspecified atom stereocenters. The number of rotatable bonds is 0. The molecule has 6 heteroatoms. The summed E-state index contributed by atoms with van der Waals surface area (Å²) in [5.74, 6) is 0. The third-order valence-corrected chi connectivity index (χ3v) is 4.00. The topological polar surface area (TPSA) is 91.5 Å². The summed E-state index contributed by atoms with van der Waals surface area (Å²) in [5, 5.41) is 4.27. The van der Waals surface area contributed by atoms with Crippen LogP contribution in [0.4, 0.5) is 0 Å². The molecule has 0 aliphatic carbocycles. The van der Waals surface area contributed by atoms with E-state index in [1.54, 1.807) is 0 Å². The van der Waals surface area contributed by atoms with Crippen LogP contribution in [0.3, 0.4) is 0 Å². The molecule has 5 rings (SSSR count). The summed E-state index contributed by atoms with van der Waals surface area (Å²) in [6, 6.07) is 12.1. The Morgan fingerprint density at radius 1 is 0.818 bits per heavy atom. The lowest BCUT2D eigenvalue weighted by molar-refractivity contribution is 1.10. The maximum atomic E-state index is 11.5. The summed E-state index contributed by atoms with van der Waals surface area (Å²) in [7, 11) is 0. The minimum Gasteiger partial charge on any atom is -0.335 e. The highest BCUT2D eigenvalue weighted by Crippen LogP contribution is 2.36. The monoisotopic (exact) mass is 288 g/mol. The van der Waals surface area contributed by atoms with Gasteiger partial charge in [-0.3, -0.25) is 14.6 Å². The molecule has 0 spiro atoms. The predicted molar refractivity (Wildman–Crippen MR) is 84.5 cm³/mol. The molecule has 2 N–H and O–H groups in total. The van der Waals surface area contributed by atoms with Crippen molar-refractivity contribution in [2.75, 3.05) is 0 Å². The van der Waals surface area contributed by atoms with Gasteiger partial charge < -0.3 is 4.98 Å². The Kier molecular flexibility index (Phi) is 1.90. The highest BCUT2D eigenvalue weighted by atomic mass is 16.2. The maximum Gasteiger partial charge on any atom is 0.337 e. The first-order valence-corrected chi connectivity index (χ1v) is 6.79. The fourth-order valence-electron chi connectivity index (χ4n) is 3.08. The minimum absolute atomic E-state index is 0.285. The second-order valence-corrected chi connectivity index (χ2v) is 5.24. The zero-order chi connectivity index (χ0) is 14.8. The van der Waals surface area contributed by atoms with E-state index in [0.29, 0.717) is 0 Å². The molecule has 0 saturated heterocycles. The average molecular weight is 288 g/mol. The number of fused-ring (bicyclic) bond motifs is 4. The standard InChI is InChI=1S/C16H8N4O2/c21-15-16(22)20-14-13(19-15)17-11-8-5-1-3-7-4-2-6-9(10(7)8)12(11)18-14/h1-6H,(H,17,19,21)(H,18,20,22). The van der Waals surface area contributed by atoms with Gasteiger partial charge in [-0.15, -0.1) is 0 Å². The highest BCUT2D eigenvalue weighted by molar-refractivity contribution is 6.28. The maximum absolute atomic E-state index is 11.5. The third-order valence-electron chi connectivity index (χ3n) is 4.00. The Balaban J connectivity index is 2.15. The van der Waals surface area contributed by atoms with E-state index in [9.17, 15) is 9.59 Å². The molecule has 0 radical (unpaired) electrons. The van der Waals surface area contributed by atoms with Gasteiger partial charge in [-0.1, -0.05) is 36.4 Å². The summed E-state index contributed by atoms with van der Waals surface area (Å²) in [4.78, 5) is 36.8. The van der Waals surface area contributed by atoms with Crippen LogP contribution in [0.15, 0.2) is 46.0 Å². The van der Waals surface area contributed by atoms with Crippen LogP contribution < -0.4 is 11.1 Å². The molecule has 0 atom stereocenters. The summed E-state index contributed by atoms with van der Waals surface area (Å²) < 4.78 is 0. The largest absolute Gasteiger partial charge is 0.337 e. The molecule has 104 valence electrons. The normalized spacial score (nSPS) is 12.0. The second kappa shape index (κ2) is 3.67. The number of nitrogens with one attached hydrogen (secondary N) is 2. The van der Waals surface area contributed by atoms with E-state index in [1.807, 2.05) is 36.4 Å². The van der Waals surface area contributed by atoms with Gasteiger partial charge in [0, 0.05) is 16.2 Å². The average Bonchev–Trinajstić information content (AvgIpc) is 2.83. The number of benzene rings is 2. The Morgan fingerprint density at radius 2 is 1.55 bits per heavy atom. The molecule has 3 aromatic carbocycles. The lowest BCUT2D eigenvalue weighted by Crippen LogP contribution is -2.29. The van der Waals surface area contributed by atoms with E-state index in [4.69, 9.17) is 0 Å². The molecule has 0 aliphatic heterocycles. The van der Waals surface area contributed by atoms with Crippen LogP contribution >= 0.6 is 0 Å². The molecule has 5 aromatic rings. The smallest absolute Gasteiger partial charge is 0.335 e. The third kappa shape index (κ3) is 1.28. The van der Waals surface area contributed by atoms with Crippen LogP contribution in [0.5, 0.6) is 0 Å². The van der Waals surface area contributed by atoms with Crippen LogP contribution in [0.2, 0.25) is 0 Å². The molecule has 2 heterocycles. The SMILES string of the molecule is O=c1nc2[nH]c3c4cccc5cccc(c3nc2[nH]c1=O)c54. The Bertz CT molecular complexity index is 1220. The van der Waals surface area contributed by atoms with Gasteiger partial charge in [0.25, 0.3) is 0 Å². The van der Waals surface area contributed by atoms with Crippen LogP contribution in [-0.4, -0.2) is 19.9 Å². The van der Waals surface area contributed by atoms with Crippen molar-refractivity contribution in [2.45, 2.75) is 0 Å². The fraction of sp³-hybridized carbons (Fsp3) is 0. The summed E-state index contributed by atoms with van der Waals surface area (Å²) in [6.45, 7) is 0. The van der Waals surface area contributed by atoms with Gasteiger partial charge in [0.15, 0.2) is 11.3 Å². The van der Waals surface area contributed by atoms with Crippen LogP contribution in [0.25, 0.3) is 43.9 Å². The van der Waals surface area contributed by atoms with E-state index in [0.717, 1.165) is 32.6 Å². The number of H-pyrrole nitrogens is 2.